The molecule has 2 heterocycles. The summed E-state index contributed by atoms with van der Waals surface area (Å²) in [6.45, 7) is 0.170. The highest BCUT2D eigenvalue weighted by Crippen LogP contribution is 2.36. The van der Waals surface area contributed by atoms with Crippen LogP contribution in [-0.4, -0.2) is 16.8 Å². The van der Waals surface area contributed by atoms with E-state index >= 15 is 0 Å². The molecular formula is C16H12F3N3O2. The van der Waals surface area contributed by atoms with E-state index in [1.165, 1.54) is 12.1 Å². The molecule has 0 amide bonds. The average molecular weight is 335 g/mol. The van der Waals surface area contributed by atoms with Gasteiger partial charge in [0.2, 0.25) is 12.7 Å². The second-order valence-electron chi connectivity index (χ2n) is 5.32. The van der Waals surface area contributed by atoms with Gasteiger partial charge in [-0.15, -0.1) is 0 Å². The second-order valence-corrected chi connectivity index (χ2v) is 5.32. The quantitative estimate of drug-likeness (QED) is 0.762. The Morgan fingerprint density at radius 3 is 2.67 bits per heavy atom. The van der Waals surface area contributed by atoms with Crippen molar-refractivity contribution in [1.82, 2.24) is 9.97 Å². The lowest BCUT2D eigenvalue weighted by atomic mass is 10.1. The van der Waals surface area contributed by atoms with Crippen molar-refractivity contribution in [3.05, 3.63) is 47.5 Å². The number of H-pyrrole nitrogens is 1. The topological polar surface area (TPSA) is 59.2 Å². The maximum Gasteiger partial charge on any atom is 0.416 e. The van der Waals surface area contributed by atoms with Gasteiger partial charge in [-0.25, -0.2) is 4.98 Å². The minimum atomic E-state index is -4.39. The van der Waals surface area contributed by atoms with E-state index in [0.717, 1.165) is 6.07 Å². The van der Waals surface area contributed by atoms with Gasteiger partial charge in [0.05, 0.1) is 16.6 Å². The molecule has 0 bridgehead atoms. The van der Waals surface area contributed by atoms with Crippen molar-refractivity contribution >= 4 is 17.0 Å². The number of halogens is 3. The van der Waals surface area contributed by atoms with Crippen LogP contribution >= 0.6 is 0 Å². The largest absolute Gasteiger partial charge is 0.454 e. The lowest BCUT2D eigenvalue weighted by molar-refractivity contribution is -0.138. The van der Waals surface area contributed by atoms with Crippen LogP contribution in [0, 0.1) is 0 Å². The van der Waals surface area contributed by atoms with Crippen molar-refractivity contribution in [1.29, 1.82) is 0 Å². The van der Waals surface area contributed by atoms with Crippen LogP contribution in [0.2, 0.25) is 0 Å². The number of nitrogens with zero attached hydrogens (tertiary/aromatic N) is 1. The molecule has 24 heavy (non-hydrogen) atoms. The molecule has 4 rings (SSSR count). The second kappa shape index (κ2) is 5.33. The van der Waals surface area contributed by atoms with Crippen LogP contribution in [0.5, 0.6) is 11.5 Å². The van der Waals surface area contributed by atoms with Crippen molar-refractivity contribution in [2.24, 2.45) is 0 Å². The molecule has 8 heteroatoms. The lowest BCUT2D eigenvalue weighted by Gasteiger charge is -2.12. The number of alkyl halides is 3. The highest BCUT2D eigenvalue weighted by Gasteiger charge is 2.32. The molecule has 5 nitrogen and oxygen atoms in total. The standard InChI is InChI=1S/C16H12F3N3O2/c17-16(18,19)10-4-2-1-3-9(10)7-20-15-21-11-5-13-14(24-8-23-13)6-12(11)22-15/h1-6H,7-8H2,(H2,20,21,22). The maximum atomic E-state index is 13.0. The van der Waals surface area contributed by atoms with E-state index < -0.39 is 11.7 Å². The average Bonchev–Trinajstić information content (AvgIpc) is 3.15. The number of hydrogen-bond donors (Lipinski definition) is 2. The number of hydrogen-bond acceptors (Lipinski definition) is 4. The normalized spacial score (nSPS) is 13.5. The highest BCUT2D eigenvalue weighted by molar-refractivity contribution is 5.81. The number of ether oxygens (including phenoxy) is 2. The number of imidazole rings is 1. The molecule has 0 atom stereocenters. The highest BCUT2D eigenvalue weighted by atomic mass is 19.4. The van der Waals surface area contributed by atoms with Gasteiger partial charge in [-0.1, -0.05) is 18.2 Å². The van der Waals surface area contributed by atoms with E-state index in [1.54, 1.807) is 18.2 Å². The van der Waals surface area contributed by atoms with Gasteiger partial charge in [0.25, 0.3) is 0 Å². The molecule has 0 radical (unpaired) electrons. The Morgan fingerprint density at radius 1 is 1.12 bits per heavy atom. The summed E-state index contributed by atoms with van der Waals surface area (Å²) in [4.78, 5) is 7.33. The zero-order valence-electron chi connectivity index (χ0n) is 12.3. The number of benzene rings is 2. The Bertz CT molecular complexity index is 864. The van der Waals surface area contributed by atoms with E-state index in [0.29, 0.717) is 28.5 Å². The molecule has 124 valence electrons. The Labute approximate surface area is 134 Å². The van der Waals surface area contributed by atoms with Crippen molar-refractivity contribution in [2.45, 2.75) is 12.7 Å². The van der Waals surface area contributed by atoms with Gasteiger partial charge in [-0.05, 0) is 11.6 Å². The van der Waals surface area contributed by atoms with Crippen LogP contribution < -0.4 is 14.8 Å². The molecule has 0 saturated heterocycles. The zero-order valence-corrected chi connectivity index (χ0v) is 12.3. The van der Waals surface area contributed by atoms with Crippen LogP contribution in [-0.2, 0) is 12.7 Å². The SMILES string of the molecule is FC(F)(F)c1ccccc1CNc1nc2cc3c(cc2[nH]1)OCO3. The molecule has 2 aromatic carbocycles. The fourth-order valence-corrected chi connectivity index (χ4v) is 2.61. The summed E-state index contributed by atoms with van der Waals surface area (Å²) in [5, 5.41) is 2.89. The first-order valence-electron chi connectivity index (χ1n) is 7.19. The minimum Gasteiger partial charge on any atom is -0.454 e. The predicted octanol–water partition coefficient (Wildman–Crippen LogP) is 3.92. The third kappa shape index (κ3) is 2.60. The van der Waals surface area contributed by atoms with E-state index in [9.17, 15) is 13.2 Å². The van der Waals surface area contributed by atoms with Gasteiger partial charge in [0.1, 0.15) is 0 Å². The molecule has 2 N–H and O–H groups in total. The van der Waals surface area contributed by atoms with E-state index in [2.05, 4.69) is 15.3 Å². The first kappa shape index (κ1) is 14.7. The first-order chi connectivity index (χ1) is 11.5. The number of aromatic amines is 1. The van der Waals surface area contributed by atoms with Crippen molar-refractivity contribution in [3.8, 4) is 11.5 Å². The summed E-state index contributed by atoms with van der Waals surface area (Å²) in [7, 11) is 0. The van der Waals surface area contributed by atoms with Gasteiger partial charge < -0.3 is 19.8 Å². The van der Waals surface area contributed by atoms with Gasteiger partial charge in [-0.3, -0.25) is 0 Å². The number of rotatable bonds is 3. The molecule has 0 fully saturated rings. The zero-order chi connectivity index (χ0) is 16.7. The van der Waals surface area contributed by atoms with Gasteiger partial charge >= 0.3 is 6.18 Å². The van der Waals surface area contributed by atoms with Gasteiger partial charge in [0.15, 0.2) is 11.5 Å². The van der Waals surface area contributed by atoms with E-state index in [4.69, 9.17) is 9.47 Å². The predicted molar refractivity (Wildman–Crippen MR) is 81.0 cm³/mol. The fraction of sp³-hybridized carbons (Fsp3) is 0.188. The number of nitrogens with one attached hydrogen (secondary N) is 2. The van der Waals surface area contributed by atoms with Gasteiger partial charge in [-0.2, -0.15) is 13.2 Å². The van der Waals surface area contributed by atoms with E-state index in [-0.39, 0.29) is 18.9 Å². The summed E-state index contributed by atoms with van der Waals surface area (Å²) in [6.07, 6.45) is -4.39. The number of anilines is 1. The summed E-state index contributed by atoms with van der Waals surface area (Å²) >= 11 is 0. The molecule has 1 aliphatic rings. The van der Waals surface area contributed by atoms with Crippen LogP contribution in [0.1, 0.15) is 11.1 Å². The molecule has 0 saturated carbocycles. The van der Waals surface area contributed by atoms with Crippen LogP contribution in [0.25, 0.3) is 11.0 Å². The third-order valence-electron chi connectivity index (χ3n) is 3.75. The van der Waals surface area contributed by atoms with Crippen LogP contribution in [0.3, 0.4) is 0 Å². The van der Waals surface area contributed by atoms with E-state index in [1.807, 2.05) is 0 Å². The summed E-state index contributed by atoms with van der Waals surface area (Å²) < 4.78 is 49.6. The molecular weight excluding hydrogens is 323 g/mol. The summed E-state index contributed by atoms with van der Waals surface area (Å²) in [5.41, 5.74) is 0.853. The molecule has 1 aromatic heterocycles. The Balaban J connectivity index is 1.58. The van der Waals surface area contributed by atoms with Crippen LogP contribution in [0.4, 0.5) is 19.1 Å². The Hall–Kier alpha value is -2.90. The Kier molecular flexibility index (Phi) is 3.26. The summed E-state index contributed by atoms with van der Waals surface area (Å²) in [6, 6.07) is 8.92. The molecule has 0 aliphatic carbocycles. The van der Waals surface area contributed by atoms with Crippen LogP contribution in [0.15, 0.2) is 36.4 Å². The summed E-state index contributed by atoms with van der Waals surface area (Å²) in [5.74, 6) is 1.59. The number of aromatic nitrogens is 2. The smallest absolute Gasteiger partial charge is 0.416 e. The number of fused-ring (bicyclic) bond motifs is 2. The van der Waals surface area contributed by atoms with Crippen molar-refractivity contribution < 1.29 is 22.6 Å². The molecule has 1 aliphatic heterocycles. The molecule has 0 spiro atoms. The first-order valence-corrected chi connectivity index (χ1v) is 7.19. The van der Waals surface area contributed by atoms with Crippen molar-refractivity contribution in [2.75, 3.05) is 12.1 Å². The molecule has 3 aromatic rings. The molecule has 0 unspecified atom stereocenters. The van der Waals surface area contributed by atoms with Crippen molar-refractivity contribution in [3.63, 3.8) is 0 Å². The monoisotopic (exact) mass is 335 g/mol. The lowest BCUT2D eigenvalue weighted by Crippen LogP contribution is -2.12. The third-order valence-corrected chi connectivity index (χ3v) is 3.75. The Morgan fingerprint density at radius 2 is 1.88 bits per heavy atom. The maximum absolute atomic E-state index is 13.0. The van der Waals surface area contributed by atoms with Gasteiger partial charge in [0, 0.05) is 18.7 Å². The fourth-order valence-electron chi connectivity index (χ4n) is 2.61. The minimum absolute atomic E-state index is 0.00220.